The van der Waals surface area contributed by atoms with Crippen LogP contribution >= 0.6 is 0 Å². The van der Waals surface area contributed by atoms with E-state index >= 15 is 0 Å². The first-order valence-corrected chi connectivity index (χ1v) is 12.6. The summed E-state index contributed by atoms with van der Waals surface area (Å²) in [7, 11) is 0. The van der Waals surface area contributed by atoms with Crippen molar-refractivity contribution in [1.82, 2.24) is 10.6 Å². The number of carbonyl (C=O) groups excluding carboxylic acids is 5. The molecule has 0 aliphatic carbocycles. The van der Waals surface area contributed by atoms with E-state index in [1.807, 2.05) is 0 Å². The maximum atomic E-state index is 12.0. The average Bonchev–Trinajstić information content (AvgIpc) is 3.19. The monoisotopic (exact) mass is 562 g/mol. The standard InChI is InChI=1S/C24H38N2O13/c1-14(27)33-13-19-22(37-16(3)29)18(36-15(2)28)9-21(38-19)32-8-6-7-25-20(30)10-26-23(31)34-11-17-12-35-24(4,5)39-17/h17-19,21-22H,6-13H2,1-5H3,(H,25,30)(H,26,31)/t17-,18+,19+,21+,22+/m0/s1. The van der Waals surface area contributed by atoms with Gasteiger partial charge in [-0.1, -0.05) is 0 Å². The fraction of sp³-hybridized carbons (Fsp3) is 0.792. The molecule has 2 N–H and O–H groups in total. The molecule has 0 aromatic carbocycles. The molecule has 0 unspecified atom stereocenters. The van der Waals surface area contributed by atoms with Crippen LogP contribution in [0.3, 0.4) is 0 Å². The topological polar surface area (TPSA) is 183 Å². The van der Waals surface area contributed by atoms with Crippen molar-refractivity contribution in [2.75, 3.05) is 39.5 Å². The minimum atomic E-state index is -0.991. The second kappa shape index (κ2) is 15.5. The molecule has 0 radical (unpaired) electrons. The van der Waals surface area contributed by atoms with Crippen LogP contribution in [-0.2, 0) is 57.1 Å². The van der Waals surface area contributed by atoms with E-state index in [0.29, 0.717) is 13.0 Å². The van der Waals surface area contributed by atoms with Gasteiger partial charge >= 0.3 is 24.0 Å². The number of hydrogen-bond donors (Lipinski definition) is 2. The number of carbonyl (C=O) groups is 5. The molecule has 2 saturated heterocycles. The van der Waals surface area contributed by atoms with Crippen LogP contribution in [0.4, 0.5) is 4.79 Å². The first-order chi connectivity index (χ1) is 18.3. The Kier molecular flexibility index (Phi) is 12.8. The lowest BCUT2D eigenvalue weighted by molar-refractivity contribution is -0.266. The van der Waals surface area contributed by atoms with E-state index < -0.39 is 60.3 Å². The normalized spacial score (nSPS) is 25.7. The third-order valence-corrected chi connectivity index (χ3v) is 5.36. The zero-order valence-electron chi connectivity index (χ0n) is 22.9. The lowest BCUT2D eigenvalue weighted by Crippen LogP contribution is -2.54. The van der Waals surface area contributed by atoms with E-state index in [1.165, 1.54) is 20.8 Å². The molecule has 0 saturated carbocycles. The van der Waals surface area contributed by atoms with Gasteiger partial charge in [-0.15, -0.1) is 0 Å². The molecule has 39 heavy (non-hydrogen) atoms. The van der Waals surface area contributed by atoms with Gasteiger partial charge in [0.25, 0.3) is 0 Å². The van der Waals surface area contributed by atoms with E-state index in [-0.39, 0.29) is 45.4 Å². The van der Waals surface area contributed by atoms with Gasteiger partial charge in [0.2, 0.25) is 5.91 Å². The van der Waals surface area contributed by atoms with Crippen molar-refractivity contribution in [3.8, 4) is 0 Å². The fourth-order valence-electron chi connectivity index (χ4n) is 3.80. The van der Waals surface area contributed by atoms with Crippen LogP contribution in [0.25, 0.3) is 0 Å². The van der Waals surface area contributed by atoms with Gasteiger partial charge in [-0.25, -0.2) is 4.79 Å². The quantitative estimate of drug-likeness (QED) is 0.173. The molecular weight excluding hydrogens is 524 g/mol. The van der Waals surface area contributed by atoms with Gasteiger partial charge in [0, 0.05) is 33.7 Å². The predicted molar refractivity (Wildman–Crippen MR) is 129 cm³/mol. The molecule has 0 bridgehead atoms. The van der Waals surface area contributed by atoms with Crippen molar-refractivity contribution < 1.29 is 61.9 Å². The Hall–Kier alpha value is -3.01. The Bertz CT molecular complexity index is 865. The summed E-state index contributed by atoms with van der Waals surface area (Å²) in [5.74, 6) is -2.92. The van der Waals surface area contributed by atoms with Crippen LogP contribution in [0.1, 0.15) is 47.5 Å². The molecule has 5 atom stereocenters. The lowest BCUT2D eigenvalue weighted by Gasteiger charge is -2.39. The first-order valence-electron chi connectivity index (χ1n) is 12.6. The maximum absolute atomic E-state index is 12.0. The second-order valence-electron chi connectivity index (χ2n) is 9.34. The first kappa shape index (κ1) is 32.2. The van der Waals surface area contributed by atoms with Crippen LogP contribution in [-0.4, -0.2) is 106 Å². The van der Waals surface area contributed by atoms with Gasteiger partial charge in [-0.05, 0) is 20.3 Å². The highest BCUT2D eigenvalue weighted by atomic mass is 16.8. The van der Waals surface area contributed by atoms with Crippen LogP contribution in [0.2, 0.25) is 0 Å². The minimum Gasteiger partial charge on any atom is -0.463 e. The molecular formula is C24H38N2O13. The van der Waals surface area contributed by atoms with E-state index in [2.05, 4.69) is 10.6 Å². The van der Waals surface area contributed by atoms with Gasteiger partial charge in [0.1, 0.15) is 31.5 Å². The fourth-order valence-corrected chi connectivity index (χ4v) is 3.80. The highest BCUT2D eigenvalue weighted by molar-refractivity contribution is 5.82. The summed E-state index contributed by atoms with van der Waals surface area (Å²) >= 11 is 0. The molecule has 2 amide bonds. The summed E-state index contributed by atoms with van der Waals surface area (Å²) in [6, 6.07) is 0. The number of rotatable bonds is 13. The van der Waals surface area contributed by atoms with Gasteiger partial charge < -0.3 is 48.5 Å². The Balaban J connectivity index is 1.69. The number of hydrogen-bond acceptors (Lipinski definition) is 13. The second-order valence-corrected chi connectivity index (χ2v) is 9.34. The summed E-state index contributed by atoms with van der Waals surface area (Å²) in [6.45, 7) is 7.33. The van der Waals surface area contributed by atoms with Crippen molar-refractivity contribution in [1.29, 1.82) is 0 Å². The van der Waals surface area contributed by atoms with Crippen LogP contribution < -0.4 is 10.6 Å². The molecule has 15 nitrogen and oxygen atoms in total. The van der Waals surface area contributed by atoms with Crippen molar-refractivity contribution in [3.05, 3.63) is 0 Å². The van der Waals surface area contributed by atoms with E-state index in [4.69, 9.17) is 37.9 Å². The maximum Gasteiger partial charge on any atom is 0.407 e. The van der Waals surface area contributed by atoms with Gasteiger partial charge in [0.15, 0.2) is 18.2 Å². The van der Waals surface area contributed by atoms with Crippen molar-refractivity contribution >= 4 is 29.9 Å². The highest BCUT2D eigenvalue weighted by Crippen LogP contribution is 2.27. The third kappa shape index (κ3) is 12.6. The summed E-state index contributed by atoms with van der Waals surface area (Å²) in [5, 5.41) is 4.98. The SMILES string of the molecule is CC(=O)OC[C@H]1O[C@@H](OCCCNC(=O)CNC(=O)OC[C@H]2COC(C)(C)O2)C[C@@H](OC(C)=O)[C@H]1OC(C)=O. The molecule has 0 aromatic heterocycles. The number of nitrogens with one attached hydrogen (secondary N) is 2. The number of ether oxygens (including phenoxy) is 8. The number of esters is 3. The number of alkyl carbamates (subject to hydrolysis) is 1. The largest absolute Gasteiger partial charge is 0.463 e. The molecule has 2 aliphatic rings. The van der Waals surface area contributed by atoms with Gasteiger partial charge in [-0.3, -0.25) is 19.2 Å². The Labute approximate surface area is 226 Å². The van der Waals surface area contributed by atoms with Crippen molar-refractivity contribution in [2.45, 2.75) is 84.0 Å². The van der Waals surface area contributed by atoms with Crippen molar-refractivity contribution in [3.63, 3.8) is 0 Å². The van der Waals surface area contributed by atoms with Crippen LogP contribution in [0, 0.1) is 0 Å². The lowest BCUT2D eigenvalue weighted by atomic mass is 10.0. The molecule has 0 aromatic rings. The molecule has 15 heteroatoms. The molecule has 2 aliphatic heterocycles. The summed E-state index contributed by atoms with van der Waals surface area (Å²) in [6.07, 6.45) is -4.31. The Morgan fingerprint density at radius 3 is 2.26 bits per heavy atom. The molecule has 2 rings (SSSR count). The Morgan fingerprint density at radius 2 is 1.64 bits per heavy atom. The van der Waals surface area contributed by atoms with E-state index in [9.17, 15) is 24.0 Å². The highest BCUT2D eigenvalue weighted by Gasteiger charge is 2.44. The van der Waals surface area contributed by atoms with E-state index in [0.717, 1.165) is 0 Å². The number of amides is 2. The summed E-state index contributed by atoms with van der Waals surface area (Å²) < 4.78 is 43.0. The van der Waals surface area contributed by atoms with Crippen LogP contribution in [0.5, 0.6) is 0 Å². The minimum absolute atomic E-state index is 0.000863. The molecule has 0 spiro atoms. The Morgan fingerprint density at radius 1 is 0.923 bits per heavy atom. The summed E-state index contributed by atoms with van der Waals surface area (Å²) in [4.78, 5) is 58.2. The molecule has 2 fully saturated rings. The van der Waals surface area contributed by atoms with E-state index in [1.54, 1.807) is 13.8 Å². The van der Waals surface area contributed by atoms with Crippen molar-refractivity contribution in [2.24, 2.45) is 0 Å². The molecule has 2 heterocycles. The summed E-state index contributed by atoms with van der Waals surface area (Å²) in [5.41, 5.74) is 0. The smallest absolute Gasteiger partial charge is 0.407 e. The van der Waals surface area contributed by atoms with Gasteiger partial charge in [-0.2, -0.15) is 0 Å². The van der Waals surface area contributed by atoms with Crippen LogP contribution in [0.15, 0.2) is 0 Å². The zero-order chi connectivity index (χ0) is 29.0. The van der Waals surface area contributed by atoms with Gasteiger partial charge in [0.05, 0.1) is 19.8 Å². The molecule has 222 valence electrons. The zero-order valence-corrected chi connectivity index (χ0v) is 22.9. The third-order valence-electron chi connectivity index (χ3n) is 5.36. The average molecular weight is 563 g/mol. The predicted octanol–water partition coefficient (Wildman–Crippen LogP) is -0.0715.